The highest BCUT2D eigenvalue weighted by atomic mass is 16.2. The summed E-state index contributed by atoms with van der Waals surface area (Å²) in [6.07, 6.45) is 6.52. The summed E-state index contributed by atoms with van der Waals surface area (Å²) >= 11 is 0. The lowest BCUT2D eigenvalue weighted by Gasteiger charge is -2.08. The minimum Gasteiger partial charge on any atom is -0.326 e. The maximum atomic E-state index is 11.9. The van der Waals surface area contributed by atoms with Gasteiger partial charge in [0, 0.05) is 36.1 Å². The molecule has 0 unspecified atom stereocenters. The van der Waals surface area contributed by atoms with Crippen molar-refractivity contribution in [2.45, 2.75) is 25.7 Å². The van der Waals surface area contributed by atoms with Crippen molar-refractivity contribution in [3.8, 4) is 0 Å². The summed E-state index contributed by atoms with van der Waals surface area (Å²) in [5.41, 5.74) is 2.53. The van der Waals surface area contributed by atoms with Crippen LogP contribution in [0.25, 0.3) is 0 Å². The van der Waals surface area contributed by atoms with Crippen molar-refractivity contribution >= 4 is 23.2 Å². The van der Waals surface area contributed by atoms with Crippen LogP contribution >= 0.6 is 0 Å². The molecule has 0 spiro atoms. The van der Waals surface area contributed by atoms with E-state index in [2.05, 4.69) is 15.6 Å². The number of rotatable bonds is 6. The SMILES string of the molecule is O=C(CCc1cccnc1)Nc1ccc(NC(=O)C2CC2)cc1. The van der Waals surface area contributed by atoms with Crippen LogP contribution in [0.5, 0.6) is 0 Å². The van der Waals surface area contributed by atoms with Gasteiger partial charge < -0.3 is 10.6 Å². The highest BCUT2D eigenvalue weighted by molar-refractivity contribution is 5.95. The molecular formula is C18H19N3O2. The molecule has 1 aromatic heterocycles. The predicted octanol–water partition coefficient (Wildman–Crippen LogP) is 3.00. The lowest BCUT2D eigenvalue weighted by molar-refractivity contribution is -0.117. The first-order chi connectivity index (χ1) is 11.2. The van der Waals surface area contributed by atoms with Gasteiger partial charge >= 0.3 is 0 Å². The Bertz CT molecular complexity index is 679. The Labute approximate surface area is 135 Å². The molecule has 1 saturated carbocycles. The first-order valence-electron chi connectivity index (χ1n) is 7.80. The largest absolute Gasteiger partial charge is 0.326 e. The van der Waals surface area contributed by atoms with Crippen LogP contribution in [0.4, 0.5) is 11.4 Å². The number of hydrogen-bond acceptors (Lipinski definition) is 3. The Morgan fingerprint density at radius 3 is 2.35 bits per heavy atom. The molecule has 1 fully saturated rings. The van der Waals surface area contributed by atoms with E-state index in [1.165, 1.54) is 0 Å². The molecule has 5 heteroatoms. The Morgan fingerprint density at radius 1 is 1.04 bits per heavy atom. The van der Waals surface area contributed by atoms with Crippen LogP contribution in [-0.2, 0) is 16.0 Å². The molecule has 23 heavy (non-hydrogen) atoms. The first-order valence-corrected chi connectivity index (χ1v) is 7.80. The number of nitrogens with zero attached hydrogens (tertiary/aromatic N) is 1. The molecule has 1 aromatic carbocycles. The fourth-order valence-corrected chi connectivity index (χ4v) is 2.25. The molecule has 0 atom stereocenters. The lowest BCUT2D eigenvalue weighted by atomic mass is 10.1. The molecule has 3 rings (SSSR count). The van der Waals surface area contributed by atoms with Crippen molar-refractivity contribution in [3.05, 3.63) is 54.4 Å². The zero-order valence-electron chi connectivity index (χ0n) is 12.8. The average Bonchev–Trinajstić information content (AvgIpc) is 3.41. The Kier molecular flexibility index (Phi) is 4.66. The molecule has 118 valence electrons. The zero-order chi connectivity index (χ0) is 16.1. The minimum atomic E-state index is -0.0383. The number of aromatic nitrogens is 1. The summed E-state index contributed by atoms with van der Waals surface area (Å²) in [7, 11) is 0. The number of carbonyl (C=O) groups is 2. The number of carbonyl (C=O) groups excluding carboxylic acids is 2. The summed E-state index contributed by atoms with van der Waals surface area (Å²) in [5.74, 6) is 0.226. The van der Waals surface area contributed by atoms with Gasteiger partial charge in [-0.15, -0.1) is 0 Å². The highest BCUT2D eigenvalue weighted by Crippen LogP contribution is 2.30. The van der Waals surface area contributed by atoms with Gasteiger partial charge in [-0.05, 0) is 55.2 Å². The molecular weight excluding hydrogens is 290 g/mol. The number of pyridine rings is 1. The van der Waals surface area contributed by atoms with E-state index in [0.717, 1.165) is 29.8 Å². The van der Waals surface area contributed by atoms with Crippen LogP contribution < -0.4 is 10.6 Å². The van der Waals surface area contributed by atoms with Crippen LogP contribution in [0.1, 0.15) is 24.8 Å². The Morgan fingerprint density at radius 2 is 1.74 bits per heavy atom. The smallest absolute Gasteiger partial charge is 0.227 e. The van der Waals surface area contributed by atoms with Gasteiger partial charge in [-0.1, -0.05) is 6.07 Å². The van der Waals surface area contributed by atoms with Gasteiger partial charge in [0.15, 0.2) is 0 Å². The van der Waals surface area contributed by atoms with E-state index in [9.17, 15) is 9.59 Å². The maximum absolute atomic E-state index is 11.9. The fraction of sp³-hybridized carbons (Fsp3) is 0.278. The van der Waals surface area contributed by atoms with E-state index in [1.54, 1.807) is 36.7 Å². The average molecular weight is 309 g/mol. The second kappa shape index (κ2) is 7.05. The molecule has 0 bridgehead atoms. The monoisotopic (exact) mass is 309 g/mol. The normalized spacial score (nSPS) is 13.4. The summed E-state index contributed by atoms with van der Waals surface area (Å²) < 4.78 is 0. The standard InChI is InChI=1S/C18H19N3O2/c22-17(10-3-13-2-1-11-19-12-13)20-15-6-8-16(9-7-15)21-18(23)14-4-5-14/h1-2,6-9,11-12,14H,3-5,10H2,(H,20,22)(H,21,23). The van der Waals surface area contributed by atoms with Gasteiger partial charge in [-0.25, -0.2) is 0 Å². The van der Waals surface area contributed by atoms with Crippen LogP contribution in [0.2, 0.25) is 0 Å². The second-order valence-corrected chi connectivity index (χ2v) is 5.75. The van der Waals surface area contributed by atoms with Crippen molar-refractivity contribution in [1.29, 1.82) is 0 Å². The van der Waals surface area contributed by atoms with Crippen molar-refractivity contribution in [2.75, 3.05) is 10.6 Å². The van der Waals surface area contributed by atoms with Crippen LogP contribution in [0.15, 0.2) is 48.8 Å². The topological polar surface area (TPSA) is 71.1 Å². The van der Waals surface area contributed by atoms with Gasteiger partial charge in [0.1, 0.15) is 0 Å². The van der Waals surface area contributed by atoms with Crippen molar-refractivity contribution in [3.63, 3.8) is 0 Å². The van der Waals surface area contributed by atoms with Gasteiger partial charge in [0.05, 0.1) is 0 Å². The third-order valence-electron chi connectivity index (χ3n) is 3.75. The van der Waals surface area contributed by atoms with E-state index in [4.69, 9.17) is 0 Å². The third kappa shape index (κ3) is 4.64. The van der Waals surface area contributed by atoms with E-state index >= 15 is 0 Å². The highest BCUT2D eigenvalue weighted by Gasteiger charge is 2.29. The number of hydrogen-bond donors (Lipinski definition) is 2. The molecule has 2 N–H and O–H groups in total. The number of benzene rings is 1. The quantitative estimate of drug-likeness (QED) is 0.861. The van der Waals surface area contributed by atoms with Gasteiger partial charge in [-0.2, -0.15) is 0 Å². The van der Waals surface area contributed by atoms with E-state index in [1.807, 2.05) is 12.1 Å². The molecule has 0 radical (unpaired) electrons. The number of anilines is 2. The number of nitrogens with one attached hydrogen (secondary N) is 2. The Hall–Kier alpha value is -2.69. The molecule has 5 nitrogen and oxygen atoms in total. The molecule has 2 aromatic rings. The first kappa shape index (κ1) is 15.2. The van der Waals surface area contributed by atoms with Crippen molar-refractivity contribution in [1.82, 2.24) is 4.98 Å². The van der Waals surface area contributed by atoms with Gasteiger partial charge in [0.2, 0.25) is 11.8 Å². The lowest BCUT2D eigenvalue weighted by Crippen LogP contribution is -2.14. The summed E-state index contributed by atoms with van der Waals surface area (Å²) in [4.78, 5) is 27.6. The predicted molar refractivity (Wildman–Crippen MR) is 89.0 cm³/mol. The van der Waals surface area contributed by atoms with Crippen LogP contribution in [0, 0.1) is 5.92 Å². The van der Waals surface area contributed by atoms with E-state index in [0.29, 0.717) is 12.8 Å². The molecule has 0 saturated heterocycles. The molecule has 1 heterocycles. The molecule has 1 aliphatic rings. The third-order valence-corrected chi connectivity index (χ3v) is 3.75. The number of aryl methyl sites for hydroxylation is 1. The van der Waals surface area contributed by atoms with Crippen molar-refractivity contribution < 1.29 is 9.59 Å². The summed E-state index contributed by atoms with van der Waals surface area (Å²) in [5, 5.41) is 5.73. The van der Waals surface area contributed by atoms with Gasteiger partial charge in [0.25, 0.3) is 0 Å². The molecule has 0 aliphatic heterocycles. The van der Waals surface area contributed by atoms with Gasteiger partial charge in [-0.3, -0.25) is 14.6 Å². The van der Waals surface area contributed by atoms with Crippen molar-refractivity contribution in [2.24, 2.45) is 5.92 Å². The van der Waals surface area contributed by atoms with E-state index in [-0.39, 0.29) is 17.7 Å². The Balaban J connectivity index is 1.47. The summed E-state index contributed by atoms with van der Waals surface area (Å²) in [6, 6.07) is 11.0. The van der Waals surface area contributed by atoms with Crippen LogP contribution in [-0.4, -0.2) is 16.8 Å². The molecule has 1 aliphatic carbocycles. The van der Waals surface area contributed by atoms with Crippen LogP contribution in [0.3, 0.4) is 0 Å². The summed E-state index contributed by atoms with van der Waals surface area (Å²) in [6.45, 7) is 0. The number of amides is 2. The van der Waals surface area contributed by atoms with E-state index < -0.39 is 0 Å². The zero-order valence-corrected chi connectivity index (χ0v) is 12.8. The second-order valence-electron chi connectivity index (χ2n) is 5.75. The molecule has 2 amide bonds. The minimum absolute atomic E-state index is 0.0383. The maximum Gasteiger partial charge on any atom is 0.227 e. The fourth-order valence-electron chi connectivity index (χ4n) is 2.25.